The van der Waals surface area contributed by atoms with Crippen molar-refractivity contribution in [2.45, 2.75) is 6.42 Å². The number of benzene rings is 2. The van der Waals surface area contributed by atoms with Gasteiger partial charge in [-0.25, -0.2) is 14.4 Å². The number of nitrogens with zero attached hydrogens (tertiary/aromatic N) is 3. The molecule has 4 rings (SSSR count). The van der Waals surface area contributed by atoms with E-state index in [0.717, 1.165) is 30.4 Å². The van der Waals surface area contributed by atoms with Crippen LogP contribution in [0.3, 0.4) is 0 Å². The number of fused-ring (bicyclic) bond motifs is 1. The highest BCUT2D eigenvalue weighted by atomic mass is 35.5. The average Bonchev–Trinajstić information content (AvgIpc) is 3.10. The first kappa shape index (κ1) is 17.6. The second kappa shape index (κ2) is 7.33. The van der Waals surface area contributed by atoms with Gasteiger partial charge in [-0.2, -0.15) is 0 Å². The summed E-state index contributed by atoms with van der Waals surface area (Å²) >= 11 is 0. The van der Waals surface area contributed by atoms with E-state index in [1.54, 1.807) is 12.1 Å². The summed E-state index contributed by atoms with van der Waals surface area (Å²) in [6.07, 6.45) is 1.04. The molecule has 0 spiro atoms. The van der Waals surface area contributed by atoms with Gasteiger partial charge in [0, 0.05) is 24.0 Å². The molecule has 2 aromatic carbocycles. The lowest BCUT2D eigenvalue weighted by Gasteiger charge is -2.18. The van der Waals surface area contributed by atoms with Gasteiger partial charge in [0.2, 0.25) is 5.95 Å². The molecule has 1 saturated heterocycles. The van der Waals surface area contributed by atoms with E-state index in [-0.39, 0.29) is 18.2 Å². The number of anilines is 1. The molecule has 0 amide bonds. The lowest BCUT2D eigenvalue weighted by molar-refractivity contribution is 0.602. The number of rotatable bonds is 3. The highest BCUT2D eigenvalue weighted by molar-refractivity contribution is 5.93. The molecule has 3 aromatic rings. The van der Waals surface area contributed by atoms with Crippen LogP contribution in [0.1, 0.15) is 6.42 Å². The van der Waals surface area contributed by atoms with Crippen LogP contribution in [-0.2, 0) is 0 Å². The summed E-state index contributed by atoms with van der Waals surface area (Å²) in [6.45, 7) is 2.41. The topological polar surface area (TPSA) is 55.0 Å². The number of aromatic nitrogens is 2. The van der Waals surface area contributed by atoms with E-state index in [2.05, 4.69) is 4.90 Å². The molecule has 2 N–H and O–H groups in total. The van der Waals surface area contributed by atoms with Gasteiger partial charge in [0.1, 0.15) is 5.82 Å². The molecule has 1 aromatic heterocycles. The van der Waals surface area contributed by atoms with Crippen molar-refractivity contribution in [2.24, 2.45) is 11.7 Å². The minimum Gasteiger partial charge on any atom is -0.340 e. The zero-order valence-corrected chi connectivity index (χ0v) is 14.5. The van der Waals surface area contributed by atoms with E-state index in [1.165, 1.54) is 6.07 Å². The Kier molecular flexibility index (Phi) is 5.16. The first-order valence-corrected chi connectivity index (χ1v) is 8.23. The van der Waals surface area contributed by atoms with Gasteiger partial charge in [-0.3, -0.25) is 0 Å². The maximum absolute atomic E-state index is 14.3. The summed E-state index contributed by atoms with van der Waals surface area (Å²) in [5.41, 5.74) is 7.77. The second-order valence-corrected chi connectivity index (χ2v) is 6.21. The first-order chi connectivity index (χ1) is 11.8. The molecule has 4 nitrogen and oxygen atoms in total. The van der Waals surface area contributed by atoms with Crippen LogP contribution in [0.4, 0.5) is 10.3 Å². The Morgan fingerprint density at radius 1 is 1.08 bits per heavy atom. The SMILES string of the molecule is Cl.NCC1CCN(c2nc(-c3ccccc3F)c3ccccc3n2)C1. The maximum Gasteiger partial charge on any atom is 0.226 e. The standard InChI is InChI=1S/C19H19FN4.ClH/c20-16-7-3-1-5-14(16)18-15-6-2-4-8-17(15)22-19(23-18)24-10-9-13(11-21)12-24;/h1-8,13H,9-12,21H2;1H. The van der Waals surface area contributed by atoms with Gasteiger partial charge in [0.15, 0.2) is 0 Å². The van der Waals surface area contributed by atoms with Gasteiger partial charge in [0.25, 0.3) is 0 Å². The molecular weight excluding hydrogens is 339 g/mol. The smallest absolute Gasteiger partial charge is 0.226 e. The van der Waals surface area contributed by atoms with Crippen molar-refractivity contribution in [1.82, 2.24) is 9.97 Å². The highest BCUT2D eigenvalue weighted by Crippen LogP contribution is 2.31. The first-order valence-electron chi connectivity index (χ1n) is 8.23. The molecule has 1 unspecified atom stereocenters. The fourth-order valence-electron chi connectivity index (χ4n) is 3.27. The quantitative estimate of drug-likeness (QED) is 0.776. The lowest BCUT2D eigenvalue weighted by Crippen LogP contribution is -2.24. The van der Waals surface area contributed by atoms with Crippen LogP contribution in [0, 0.1) is 11.7 Å². The summed E-state index contributed by atoms with van der Waals surface area (Å²) in [4.78, 5) is 11.6. The van der Waals surface area contributed by atoms with Gasteiger partial charge >= 0.3 is 0 Å². The Hall–Kier alpha value is -2.24. The molecule has 25 heavy (non-hydrogen) atoms. The fraction of sp³-hybridized carbons (Fsp3) is 0.263. The van der Waals surface area contributed by atoms with Crippen molar-refractivity contribution in [3.05, 3.63) is 54.3 Å². The Morgan fingerprint density at radius 2 is 1.84 bits per heavy atom. The van der Waals surface area contributed by atoms with Crippen LogP contribution >= 0.6 is 12.4 Å². The van der Waals surface area contributed by atoms with E-state index in [4.69, 9.17) is 15.7 Å². The Balaban J connectivity index is 0.00000182. The van der Waals surface area contributed by atoms with Crippen molar-refractivity contribution >= 4 is 29.3 Å². The van der Waals surface area contributed by atoms with Crippen LogP contribution in [0.25, 0.3) is 22.2 Å². The van der Waals surface area contributed by atoms with Crippen LogP contribution in [-0.4, -0.2) is 29.6 Å². The van der Waals surface area contributed by atoms with Crippen molar-refractivity contribution in [3.8, 4) is 11.3 Å². The van der Waals surface area contributed by atoms with Gasteiger partial charge in [0.05, 0.1) is 11.2 Å². The molecule has 1 aliphatic heterocycles. The van der Waals surface area contributed by atoms with Gasteiger partial charge < -0.3 is 10.6 Å². The predicted molar refractivity (Wildman–Crippen MR) is 102 cm³/mol. The third-order valence-electron chi connectivity index (χ3n) is 4.62. The van der Waals surface area contributed by atoms with Crippen molar-refractivity contribution in [2.75, 3.05) is 24.5 Å². The van der Waals surface area contributed by atoms with E-state index < -0.39 is 0 Å². The molecule has 0 bridgehead atoms. The zero-order valence-electron chi connectivity index (χ0n) is 13.7. The largest absolute Gasteiger partial charge is 0.340 e. The molecule has 1 fully saturated rings. The number of hydrogen-bond acceptors (Lipinski definition) is 4. The highest BCUT2D eigenvalue weighted by Gasteiger charge is 2.24. The summed E-state index contributed by atoms with van der Waals surface area (Å²) in [6, 6.07) is 14.5. The Bertz CT molecular complexity index is 886. The molecular formula is C19H20ClFN4. The van der Waals surface area contributed by atoms with Crippen LogP contribution in [0.15, 0.2) is 48.5 Å². The second-order valence-electron chi connectivity index (χ2n) is 6.21. The molecule has 1 atom stereocenters. The average molecular weight is 359 g/mol. The predicted octanol–water partition coefficient (Wildman–Crippen LogP) is 3.64. The van der Waals surface area contributed by atoms with Gasteiger partial charge in [-0.05, 0) is 37.1 Å². The summed E-state index contributed by atoms with van der Waals surface area (Å²) < 4.78 is 14.3. The zero-order chi connectivity index (χ0) is 16.5. The minimum atomic E-state index is -0.270. The summed E-state index contributed by atoms with van der Waals surface area (Å²) in [7, 11) is 0. The van der Waals surface area contributed by atoms with Crippen molar-refractivity contribution in [3.63, 3.8) is 0 Å². The van der Waals surface area contributed by atoms with Crippen LogP contribution < -0.4 is 10.6 Å². The molecule has 1 aliphatic rings. The molecule has 0 aliphatic carbocycles. The lowest BCUT2D eigenvalue weighted by atomic mass is 10.1. The van der Waals surface area contributed by atoms with E-state index >= 15 is 0 Å². The summed E-state index contributed by atoms with van der Waals surface area (Å²) in [5.74, 6) is 0.855. The van der Waals surface area contributed by atoms with Crippen molar-refractivity contribution < 1.29 is 4.39 Å². The van der Waals surface area contributed by atoms with E-state index in [1.807, 2.05) is 30.3 Å². The number of nitrogens with two attached hydrogens (primary N) is 1. The summed E-state index contributed by atoms with van der Waals surface area (Å²) in [5, 5.41) is 0.862. The monoisotopic (exact) mass is 358 g/mol. The van der Waals surface area contributed by atoms with E-state index in [0.29, 0.717) is 29.7 Å². The van der Waals surface area contributed by atoms with Crippen molar-refractivity contribution in [1.29, 1.82) is 0 Å². The van der Waals surface area contributed by atoms with Gasteiger partial charge in [-0.1, -0.05) is 30.3 Å². The Labute approximate surface area is 152 Å². The third-order valence-corrected chi connectivity index (χ3v) is 4.62. The molecule has 0 radical (unpaired) electrons. The number of para-hydroxylation sites is 1. The maximum atomic E-state index is 14.3. The number of hydrogen-bond donors (Lipinski definition) is 1. The molecule has 130 valence electrons. The third kappa shape index (κ3) is 3.30. The minimum absolute atomic E-state index is 0. The molecule has 6 heteroatoms. The Morgan fingerprint density at radius 3 is 2.60 bits per heavy atom. The molecule has 2 heterocycles. The van der Waals surface area contributed by atoms with Crippen LogP contribution in [0.5, 0.6) is 0 Å². The van der Waals surface area contributed by atoms with E-state index in [9.17, 15) is 4.39 Å². The normalized spacial score (nSPS) is 16.9. The fourth-order valence-corrected chi connectivity index (χ4v) is 3.27. The molecule has 0 saturated carbocycles. The van der Waals surface area contributed by atoms with Gasteiger partial charge in [-0.15, -0.1) is 12.4 Å². The number of halogens is 2. The van der Waals surface area contributed by atoms with Crippen LogP contribution in [0.2, 0.25) is 0 Å².